The maximum atomic E-state index is 12.5. The van der Waals surface area contributed by atoms with E-state index in [9.17, 15) is 9.90 Å². The van der Waals surface area contributed by atoms with Crippen LogP contribution in [0.3, 0.4) is 0 Å². The number of aromatic hydroxyl groups is 1. The van der Waals surface area contributed by atoms with Crippen molar-refractivity contribution in [2.24, 2.45) is 5.92 Å². The van der Waals surface area contributed by atoms with E-state index < -0.39 is 0 Å². The molecule has 1 saturated heterocycles. The summed E-state index contributed by atoms with van der Waals surface area (Å²) in [7, 11) is 0. The third-order valence-electron chi connectivity index (χ3n) is 4.53. The van der Waals surface area contributed by atoms with Crippen LogP contribution in [0.25, 0.3) is 0 Å². The van der Waals surface area contributed by atoms with Crippen LogP contribution < -0.4 is 4.90 Å². The van der Waals surface area contributed by atoms with Crippen molar-refractivity contribution >= 4 is 23.3 Å². The van der Waals surface area contributed by atoms with Crippen LogP contribution in [0.5, 0.6) is 5.75 Å². The van der Waals surface area contributed by atoms with Crippen molar-refractivity contribution in [2.75, 3.05) is 31.1 Å². The molecule has 1 fully saturated rings. The predicted octanol–water partition coefficient (Wildman–Crippen LogP) is 2.90. The van der Waals surface area contributed by atoms with Crippen molar-refractivity contribution in [2.45, 2.75) is 27.3 Å². The Kier molecular flexibility index (Phi) is 5.53. The van der Waals surface area contributed by atoms with Gasteiger partial charge in [-0.05, 0) is 31.0 Å². The molecule has 0 radical (unpaired) electrons. The van der Waals surface area contributed by atoms with E-state index in [4.69, 9.17) is 11.6 Å². The summed E-state index contributed by atoms with van der Waals surface area (Å²) in [6.07, 6.45) is 0. The number of hydrogen-bond donors (Lipinski definition) is 1. The highest BCUT2D eigenvalue weighted by molar-refractivity contribution is 6.30. The minimum atomic E-state index is 0.0761. The van der Waals surface area contributed by atoms with Crippen LogP contribution in [0.15, 0.2) is 24.3 Å². The molecule has 26 heavy (non-hydrogen) atoms. The highest BCUT2D eigenvalue weighted by atomic mass is 35.5. The van der Waals surface area contributed by atoms with Gasteiger partial charge in [0.15, 0.2) is 5.82 Å². The minimum absolute atomic E-state index is 0.0761. The topological polar surface area (TPSA) is 61.6 Å². The number of piperazine rings is 1. The molecule has 1 aromatic heterocycles. The summed E-state index contributed by atoms with van der Waals surface area (Å²) in [6, 6.07) is 6.87. The molecule has 3 rings (SSSR count). The fraction of sp³-hybridized carbons (Fsp3) is 0.474. The third-order valence-corrected chi connectivity index (χ3v) is 4.76. The van der Waals surface area contributed by atoms with Crippen molar-refractivity contribution < 1.29 is 9.90 Å². The lowest BCUT2D eigenvalue weighted by Gasteiger charge is -2.33. The molecule has 0 saturated carbocycles. The molecule has 1 N–H and O–H groups in total. The van der Waals surface area contributed by atoms with Crippen LogP contribution in [-0.4, -0.2) is 51.9 Å². The molecule has 6 nitrogen and oxygen atoms in total. The lowest BCUT2D eigenvalue weighted by atomic mass is 10.2. The van der Waals surface area contributed by atoms with Gasteiger partial charge in [0, 0.05) is 42.0 Å². The van der Waals surface area contributed by atoms with Gasteiger partial charge in [0.1, 0.15) is 5.75 Å². The molecule has 0 aliphatic carbocycles. The molecular weight excluding hydrogens is 352 g/mol. The first-order chi connectivity index (χ1) is 12.3. The Balaban J connectivity index is 1.74. The van der Waals surface area contributed by atoms with Crippen molar-refractivity contribution in [1.29, 1.82) is 0 Å². The predicted molar refractivity (Wildman–Crippen MR) is 103 cm³/mol. The SMILES string of the molecule is Cc1cc(N2CCN(CC(C)C)CC2=O)nn1Cc1cc(Cl)ccc1O. The first-order valence-electron chi connectivity index (χ1n) is 8.88. The van der Waals surface area contributed by atoms with E-state index in [1.807, 2.05) is 13.0 Å². The van der Waals surface area contributed by atoms with Crippen LogP contribution >= 0.6 is 11.6 Å². The van der Waals surface area contributed by atoms with E-state index in [1.165, 1.54) is 0 Å². The Morgan fingerprint density at radius 3 is 2.73 bits per heavy atom. The number of phenolic OH excluding ortho intramolecular Hbond substituents is 1. The maximum Gasteiger partial charge on any atom is 0.242 e. The standard InChI is InChI=1S/C19H25ClN4O2/c1-13(2)10-22-6-7-23(19(26)12-22)18-8-14(3)24(21-18)11-15-9-16(20)4-5-17(15)25/h4-5,8-9,13,25H,6-7,10-12H2,1-3H3. The second-order valence-electron chi connectivity index (χ2n) is 7.25. The number of anilines is 1. The van der Waals surface area contributed by atoms with E-state index in [-0.39, 0.29) is 11.7 Å². The Labute approximate surface area is 159 Å². The van der Waals surface area contributed by atoms with Gasteiger partial charge in [-0.15, -0.1) is 0 Å². The molecule has 2 aromatic rings. The number of carbonyl (C=O) groups is 1. The average Bonchev–Trinajstić information content (AvgIpc) is 2.91. The highest BCUT2D eigenvalue weighted by Gasteiger charge is 2.27. The van der Waals surface area contributed by atoms with Crippen LogP contribution in [-0.2, 0) is 11.3 Å². The minimum Gasteiger partial charge on any atom is -0.508 e. The number of amides is 1. The van der Waals surface area contributed by atoms with Crippen molar-refractivity contribution in [3.63, 3.8) is 0 Å². The number of hydrogen-bond acceptors (Lipinski definition) is 4. The van der Waals surface area contributed by atoms with Gasteiger partial charge in [-0.2, -0.15) is 5.10 Å². The summed E-state index contributed by atoms with van der Waals surface area (Å²) in [5.41, 5.74) is 1.63. The number of aromatic nitrogens is 2. The zero-order chi connectivity index (χ0) is 18.8. The molecule has 0 bridgehead atoms. The van der Waals surface area contributed by atoms with Gasteiger partial charge in [-0.1, -0.05) is 25.4 Å². The molecule has 0 atom stereocenters. The van der Waals surface area contributed by atoms with Crippen molar-refractivity contribution in [3.8, 4) is 5.75 Å². The molecule has 1 aliphatic rings. The van der Waals surface area contributed by atoms with Gasteiger partial charge in [0.05, 0.1) is 13.1 Å². The maximum absolute atomic E-state index is 12.5. The second-order valence-corrected chi connectivity index (χ2v) is 7.69. The van der Waals surface area contributed by atoms with E-state index in [2.05, 4.69) is 23.8 Å². The second kappa shape index (κ2) is 7.68. The first-order valence-corrected chi connectivity index (χ1v) is 9.26. The molecule has 2 heterocycles. The molecule has 0 spiro atoms. The number of aryl methyl sites for hydroxylation is 1. The number of carbonyl (C=O) groups excluding carboxylic acids is 1. The summed E-state index contributed by atoms with van der Waals surface area (Å²) < 4.78 is 1.79. The number of benzene rings is 1. The quantitative estimate of drug-likeness (QED) is 0.871. The average molecular weight is 377 g/mol. The van der Waals surface area contributed by atoms with Crippen LogP contribution in [0.1, 0.15) is 25.1 Å². The lowest BCUT2D eigenvalue weighted by molar-refractivity contribution is -0.121. The van der Waals surface area contributed by atoms with Crippen molar-refractivity contribution in [3.05, 3.63) is 40.5 Å². The number of phenols is 1. The van der Waals surface area contributed by atoms with Gasteiger partial charge in [0.2, 0.25) is 5.91 Å². The number of nitrogens with zero attached hydrogens (tertiary/aromatic N) is 4. The van der Waals surface area contributed by atoms with Gasteiger partial charge >= 0.3 is 0 Å². The zero-order valence-electron chi connectivity index (χ0n) is 15.4. The summed E-state index contributed by atoms with van der Waals surface area (Å²) >= 11 is 6.02. The summed E-state index contributed by atoms with van der Waals surface area (Å²) in [5.74, 6) is 1.47. The molecule has 0 unspecified atom stereocenters. The summed E-state index contributed by atoms with van der Waals surface area (Å²) in [4.78, 5) is 16.5. The molecule has 140 valence electrons. The largest absolute Gasteiger partial charge is 0.508 e. The molecule has 1 amide bonds. The van der Waals surface area contributed by atoms with E-state index >= 15 is 0 Å². The van der Waals surface area contributed by atoms with Crippen LogP contribution in [0.4, 0.5) is 5.82 Å². The number of halogens is 1. The first kappa shape index (κ1) is 18.7. The summed E-state index contributed by atoms with van der Waals surface area (Å²) in [6.45, 7) is 9.52. The van der Waals surface area contributed by atoms with Gasteiger partial charge < -0.3 is 5.11 Å². The highest BCUT2D eigenvalue weighted by Crippen LogP contribution is 2.24. The third kappa shape index (κ3) is 4.19. The Bertz CT molecular complexity index is 803. The Hall–Kier alpha value is -2.05. The van der Waals surface area contributed by atoms with E-state index in [0.717, 1.165) is 18.8 Å². The Morgan fingerprint density at radius 2 is 2.04 bits per heavy atom. The van der Waals surface area contributed by atoms with Gasteiger partial charge in [-0.3, -0.25) is 19.3 Å². The molecule has 1 aromatic carbocycles. The fourth-order valence-electron chi connectivity index (χ4n) is 3.26. The van der Waals surface area contributed by atoms with Gasteiger partial charge in [0.25, 0.3) is 0 Å². The fourth-order valence-corrected chi connectivity index (χ4v) is 3.46. The molecule has 1 aliphatic heterocycles. The zero-order valence-corrected chi connectivity index (χ0v) is 16.2. The van der Waals surface area contributed by atoms with Crippen molar-refractivity contribution in [1.82, 2.24) is 14.7 Å². The Morgan fingerprint density at radius 1 is 1.27 bits per heavy atom. The van der Waals surface area contributed by atoms with E-state index in [1.54, 1.807) is 27.8 Å². The monoisotopic (exact) mass is 376 g/mol. The van der Waals surface area contributed by atoms with Gasteiger partial charge in [-0.25, -0.2) is 0 Å². The molecule has 7 heteroatoms. The smallest absolute Gasteiger partial charge is 0.242 e. The molecular formula is C19H25ClN4O2. The van der Waals surface area contributed by atoms with E-state index in [0.29, 0.717) is 42.0 Å². The summed E-state index contributed by atoms with van der Waals surface area (Å²) in [5, 5.41) is 15.2. The lowest BCUT2D eigenvalue weighted by Crippen LogP contribution is -2.51. The van der Waals surface area contributed by atoms with Crippen LogP contribution in [0.2, 0.25) is 5.02 Å². The number of rotatable bonds is 5. The normalized spacial score (nSPS) is 15.9. The van der Waals surface area contributed by atoms with Crippen LogP contribution in [0, 0.1) is 12.8 Å².